The minimum Gasteiger partial charge on any atom is -0.481 e. The van der Waals surface area contributed by atoms with Crippen molar-refractivity contribution in [2.24, 2.45) is 0 Å². The van der Waals surface area contributed by atoms with Crippen LogP contribution in [0.2, 0.25) is 0 Å². The highest BCUT2D eigenvalue weighted by molar-refractivity contribution is 5.86. The molecule has 2 unspecified atom stereocenters. The first-order valence-corrected chi connectivity index (χ1v) is 12.5. The molecule has 0 saturated heterocycles. The molecular formula is C32H32N2O3. The van der Waals surface area contributed by atoms with Crippen LogP contribution in [0.25, 0.3) is 21.9 Å². The highest BCUT2D eigenvalue weighted by Gasteiger charge is 2.43. The van der Waals surface area contributed by atoms with Gasteiger partial charge in [0.1, 0.15) is 5.60 Å². The summed E-state index contributed by atoms with van der Waals surface area (Å²) in [6, 6.07) is 28.5. The minimum absolute atomic E-state index is 0.450. The summed E-state index contributed by atoms with van der Waals surface area (Å²) >= 11 is 0. The van der Waals surface area contributed by atoms with Gasteiger partial charge in [-0.15, -0.1) is 0 Å². The van der Waals surface area contributed by atoms with Crippen LogP contribution in [0.15, 0.2) is 108 Å². The molecule has 2 atom stereocenters. The molecule has 0 bridgehead atoms. The molecule has 2 heterocycles. The number of nitrogens with zero attached hydrogens (tertiary/aromatic N) is 2. The second-order valence-corrected chi connectivity index (χ2v) is 9.68. The van der Waals surface area contributed by atoms with Crippen molar-refractivity contribution in [3.63, 3.8) is 0 Å². The summed E-state index contributed by atoms with van der Waals surface area (Å²) in [5, 5.41) is 15.1. The highest BCUT2D eigenvalue weighted by Crippen LogP contribution is 2.49. The summed E-state index contributed by atoms with van der Waals surface area (Å²) in [4.78, 5) is 6.79. The summed E-state index contributed by atoms with van der Waals surface area (Å²) < 4.78 is 11.2. The van der Waals surface area contributed by atoms with Crippen LogP contribution in [0, 0.1) is 0 Å². The Bertz CT molecular complexity index is 1460. The average molecular weight is 493 g/mol. The van der Waals surface area contributed by atoms with Gasteiger partial charge in [-0.05, 0) is 54.5 Å². The summed E-state index contributed by atoms with van der Waals surface area (Å²) in [5.41, 5.74) is 3.25. The number of aliphatic hydroxyl groups is 1. The third kappa shape index (κ3) is 4.88. The lowest BCUT2D eigenvalue weighted by molar-refractivity contribution is 0.00517. The molecule has 0 spiro atoms. The lowest BCUT2D eigenvalue weighted by atomic mass is 9.70. The van der Waals surface area contributed by atoms with Crippen LogP contribution in [0.1, 0.15) is 29.0 Å². The Labute approximate surface area is 218 Å². The van der Waals surface area contributed by atoms with Gasteiger partial charge in [-0.25, -0.2) is 4.98 Å². The number of ether oxygens (including phenoxy) is 1. The third-order valence-electron chi connectivity index (χ3n) is 7.04. The Morgan fingerprint density at radius 1 is 0.946 bits per heavy atom. The predicted octanol–water partition coefficient (Wildman–Crippen LogP) is 6.47. The molecule has 2 aromatic heterocycles. The van der Waals surface area contributed by atoms with E-state index in [1.165, 1.54) is 0 Å². The maximum absolute atomic E-state index is 13.0. The van der Waals surface area contributed by atoms with Crippen LogP contribution in [-0.4, -0.2) is 42.7 Å². The van der Waals surface area contributed by atoms with E-state index in [-0.39, 0.29) is 0 Å². The second kappa shape index (κ2) is 10.6. The first-order chi connectivity index (χ1) is 18.0. The number of methoxy groups -OCH3 is 1. The second-order valence-electron chi connectivity index (χ2n) is 9.68. The predicted molar refractivity (Wildman–Crippen MR) is 148 cm³/mol. The molecule has 1 N–H and O–H groups in total. The molecule has 37 heavy (non-hydrogen) atoms. The van der Waals surface area contributed by atoms with Crippen LogP contribution in [0.5, 0.6) is 5.88 Å². The molecule has 0 fully saturated rings. The van der Waals surface area contributed by atoms with Crippen molar-refractivity contribution < 1.29 is 14.3 Å². The zero-order valence-electron chi connectivity index (χ0n) is 21.5. The van der Waals surface area contributed by atoms with Gasteiger partial charge in [0, 0.05) is 35.3 Å². The Kier molecular flexibility index (Phi) is 7.08. The van der Waals surface area contributed by atoms with E-state index < -0.39 is 11.5 Å². The van der Waals surface area contributed by atoms with Crippen LogP contribution in [-0.2, 0) is 5.60 Å². The molecule has 0 aliphatic carbocycles. The summed E-state index contributed by atoms with van der Waals surface area (Å²) in [6.07, 6.45) is 5.64. The SMILES string of the molecule is COc1ncc(-c2ccoc2)cc1C(c1ccccc1)C(O)(CCN(C)C)c1cccc2ccccc12. The monoisotopic (exact) mass is 492 g/mol. The van der Waals surface area contributed by atoms with E-state index >= 15 is 0 Å². The van der Waals surface area contributed by atoms with Gasteiger partial charge in [-0.3, -0.25) is 0 Å². The van der Waals surface area contributed by atoms with Crippen molar-refractivity contribution in [3.05, 3.63) is 120 Å². The normalized spacial score (nSPS) is 14.0. The fourth-order valence-corrected chi connectivity index (χ4v) is 5.22. The lowest BCUT2D eigenvalue weighted by Gasteiger charge is -2.39. The van der Waals surface area contributed by atoms with Crippen LogP contribution >= 0.6 is 0 Å². The average Bonchev–Trinajstić information content (AvgIpc) is 3.47. The first-order valence-electron chi connectivity index (χ1n) is 12.5. The molecule has 5 rings (SSSR count). The van der Waals surface area contributed by atoms with Gasteiger partial charge in [0.2, 0.25) is 5.88 Å². The standard InChI is InChI=1S/C32H32N2O3/c1-34(2)18-17-32(35,29-15-9-13-23-10-7-8-14-27(23)29)30(24-11-5-4-6-12-24)28-20-26(21-33-31(28)36-3)25-16-19-37-22-25/h4-16,19-22,30,35H,17-18H2,1-3H3. The zero-order valence-corrected chi connectivity index (χ0v) is 21.5. The molecular weight excluding hydrogens is 460 g/mol. The van der Waals surface area contributed by atoms with Gasteiger partial charge in [0.25, 0.3) is 0 Å². The molecule has 0 aliphatic rings. The minimum atomic E-state index is -1.27. The van der Waals surface area contributed by atoms with E-state index in [0.717, 1.165) is 38.6 Å². The van der Waals surface area contributed by atoms with Crippen LogP contribution < -0.4 is 4.74 Å². The van der Waals surface area contributed by atoms with Crippen molar-refractivity contribution in [1.82, 2.24) is 9.88 Å². The number of rotatable bonds is 9. The van der Waals surface area contributed by atoms with Crippen molar-refractivity contribution in [1.29, 1.82) is 0 Å². The number of hydrogen-bond acceptors (Lipinski definition) is 5. The van der Waals surface area contributed by atoms with Crippen LogP contribution in [0.4, 0.5) is 0 Å². The smallest absolute Gasteiger partial charge is 0.217 e. The molecule has 0 radical (unpaired) electrons. The number of pyridine rings is 1. The van der Waals surface area contributed by atoms with Crippen molar-refractivity contribution in [3.8, 4) is 17.0 Å². The van der Waals surface area contributed by atoms with E-state index in [1.54, 1.807) is 25.8 Å². The van der Waals surface area contributed by atoms with E-state index in [0.29, 0.717) is 18.8 Å². The number of aromatic nitrogens is 1. The van der Waals surface area contributed by atoms with Gasteiger partial charge >= 0.3 is 0 Å². The van der Waals surface area contributed by atoms with E-state index in [4.69, 9.17) is 9.15 Å². The molecule has 5 nitrogen and oxygen atoms in total. The Morgan fingerprint density at radius 3 is 2.43 bits per heavy atom. The van der Waals surface area contributed by atoms with E-state index in [1.807, 2.05) is 62.6 Å². The van der Waals surface area contributed by atoms with Gasteiger partial charge in [-0.1, -0.05) is 72.8 Å². The summed E-state index contributed by atoms with van der Waals surface area (Å²) in [6.45, 7) is 0.695. The molecule has 5 heteroatoms. The fourth-order valence-electron chi connectivity index (χ4n) is 5.22. The third-order valence-corrected chi connectivity index (χ3v) is 7.04. The Morgan fingerprint density at radius 2 is 1.70 bits per heavy atom. The summed E-state index contributed by atoms with van der Waals surface area (Å²) in [7, 11) is 5.69. The highest BCUT2D eigenvalue weighted by atomic mass is 16.5. The quantitative estimate of drug-likeness (QED) is 0.255. The van der Waals surface area contributed by atoms with Crippen molar-refractivity contribution in [2.45, 2.75) is 17.9 Å². The number of benzene rings is 3. The topological polar surface area (TPSA) is 58.7 Å². The largest absolute Gasteiger partial charge is 0.481 e. The lowest BCUT2D eigenvalue weighted by Crippen LogP contribution is -2.38. The van der Waals surface area contributed by atoms with E-state index in [9.17, 15) is 5.11 Å². The van der Waals surface area contributed by atoms with Crippen molar-refractivity contribution in [2.75, 3.05) is 27.7 Å². The molecule has 0 aliphatic heterocycles. The van der Waals surface area contributed by atoms with Crippen LogP contribution in [0.3, 0.4) is 0 Å². The van der Waals surface area contributed by atoms with Gasteiger partial charge in [0.05, 0.1) is 19.6 Å². The maximum Gasteiger partial charge on any atom is 0.217 e. The molecule has 5 aromatic rings. The number of fused-ring (bicyclic) bond motifs is 1. The molecule has 0 amide bonds. The Hall–Kier alpha value is -3.93. The number of furan rings is 1. The van der Waals surface area contributed by atoms with E-state index in [2.05, 4.69) is 46.3 Å². The summed E-state index contributed by atoms with van der Waals surface area (Å²) in [5.74, 6) is 0.0402. The number of hydrogen-bond donors (Lipinski definition) is 1. The van der Waals surface area contributed by atoms with Gasteiger partial charge < -0.3 is 19.2 Å². The first kappa shape index (κ1) is 24.8. The molecule has 3 aromatic carbocycles. The molecule has 188 valence electrons. The molecule has 0 saturated carbocycles. The maximum atomic E-state index is 13.0. The van der Waals surface area contributed by atoms with Gasteiger partial charge in [0.15, 0.2) is 0 Å². The van der Waals surface area contributed by atoms with Gasteiger partial charge in [-0.2, -0.15) is 0 Å². The fraction of sp³-hybridized carbons (Fsp3) is 0.219. The zero-order chi connectivity index (χ0) is 25.8. The van der Waals surface area contributed by atoms with Crippen molar-refractivity contribution >= 4 is 10.8 Å². The Balaban J connectivity index is 1.81.